The molecule has 0 bridgehead atoms. The van der Waals surface area contributed by atoms with Gasteiger partial charge < -0.3 is 5.32 Å². The van der Waals surface area contributed by atoms with Crippen LogP contribution in [0, 0.1) is 0 Å². The molecule has 1 saturated carbocycles. The van der Waals surface area contributed by atoms with Gasteiger partial charge in [0.15, 0.2) is 10.2 Å². The summed E-state index contributed by atoms with van der Waals surface area (Å²) in [7, 11) is 0. The van der Waals surface area contributed by atoms with Crippen molar-refractivity contribution < 1.29 is 13.2 Å². The summed E-state index contributed by atoms with van der Waals surface area (Å²) in [4.78, 5) is 11.8. The van der Waals surface area contributed by atoms with Crippen LogP contribution in [0.3, 0.4) is 0 Å². The number of hydrogen-bond acceptors (Lipinski definition) is 8. The summed E-state index contributed by atoms with van der Waals surface area (Å²) in [5.74, 6) is -0.0798. The van der Waals surface area contributed by atoms with Crippen LogP contribution in [-0.4, -0.2) is 31.2 Å². The van der Waals surface area contributed by atoms with Gasteiger partial charge in [-0.3, -0.25) is 4.98 Å². The molecule has 1 fully saturated rings. The number of pyridine rings is 1. The van der Waals surface area contributed by atoms with E-state index in [-0.39, 0.29) is 16.5 Å². The number of nitrogens with one attached hydrogen (secondary N) is 1. The topological polar surface area (TPSA) is 76.5 Å². The summed E-state index contributed by atoms with van der Waals surface area (Å²) in [5.41, 5.74) is -0.745. The Hall–Kier alpha value is -2.27. The fraction of sp³-hybridized carbons (Fsp3) is 0.267. The molecule has 0 unspecified atom stereocenters. The van der Waals surface area contributed by atoms with E-state index in [0.717, 1.165) is 30.7 Å². The minimum atomic E-state index is -4.58. The molecule has 0 atom stereocenters. The molecule has 4 rings (SSSR count). The van der Waals surface area contributed by atoms with E-state index in [1.54, 1.807) is 18.2 Å². The van der Waals surface area contributed by atoms with Gasteiger partial charge in [-0.05, 0) is 36.7 Å². The first kappa shape index (κ1) is 17.2. The Balaban J connectivity index is 1.64. The second kappa shape index (κ2) is 6.80. The SMILES string of the molecule is FC(F)(F)c1cc(Sc2nnc(NC3CC3)s2)nc(-c2ccccn2)n1. The van der Waals surface area contributed by atoms with E-state index in [4.69, 9.17) is 0 Å². The quantitative estimate of drug-likeness (QED) is 0.650. The van der Waals surface area contributed by atoms with Gasteiger partial charge in [-0.1, -0.05) is 17.4 Å². The second-order valence-electron chi connectivity index (χ2n) is 5.52. The molecule has 11 heteroatoms. The minimum Gasteiger partial charge on any atom is -0.357 e. The highest BCUT2D eigenvalue weighted by Gasteiger charge is 2.34. The first-order valence-electron chi connectivity index (χ1n) is 7.63. The maximum absolute atomic E-state index is 13.2. The summed E-state index contributed by atoms with van der Waals surface area (Å²) >= 11 is 2.30. The molecule has 0 aromatic carbocycles. The highest BCUT2D eigenvalue weighted by Crippen LogP contribution is 2.36. The van der Waals surface area contributed by atoms with Crippen molar-refractivity contribution in [3.8, 4) is 11.5 Å². The summed E-state index contributed by atoms with van der Waals surface area (Å²) in [6.45, 7) is 0. The van der Waals surface area contributed by atoms with Gasteiger partial charge in [0, 0.05) is 18.3 Å². The number of halogens is 3. The van der Waals surface area contributed by atoms with Crippen molar-refractivity contribution in [1.82, 2.24) is 25.1 Å². The van der Waals surface area contributed by atoms with Crippen molar-refractivity contribution in [1.29, 1.82) is 0 Å². The summed E-state index contributed by atoms with van der Waals surface area (Å²) in [6.07, 6.45) is -0.916. The van der Waals surface area contributed by atoms with E-state index in [9.17, 15) is 13.2 Å². The van der Waals surface area contributed by atoms with Crippen LogP contribution in [0.4, 0.5) is 18.3 Å². The molecule has 134 valence electrons. The third kappa shape index (κ3) is 4.10. The first-order valence-corrected chi connectivity index (χ1v) is 9.26. The van der Waals surface area contributed by atoms with Gasteiger partial charge in [0.1, 0.15) is 16.4 Å². The Labute approximate surface area is 154 Å². The lowest BCUT2D eigenvalue weighted by atomic mass is 10.3. The predicted molar refractivity (Wildman–Crippen MR) is 90.9 cm³/mol. The lowest BCUT2D eigenvalue weighted by Gasteiger charge is -2.09. The molecule has 1 aliphatic rings. The van der Waals surface area contributed by atoms with E-state index in [0.29, 0.717) is 15.5 Å². The van der Waals surface area contributed by atoms with Gasteiger partial charge in [-0.2, -0.15) is 13.2 Å². The third-order valence-corrected chi connectivity index (χ3v) is 5.21. The molecule has 0 radical (unpaired) electrons. The average Bonchev–Trinajstić information content (AvgIpc) is 3.33. The monoisotopic (exact) mass is 396 g/mol. The standard InChI is InChI=1S/C15H11F3N6S2/c16-15(17,18)10-7-11(22-12(21-10)9-3-1-2-6-19-9)25-14-24-23-13(26-14)20-8-4-5-8/h1-3,6-8H,4-5H2,(H,20,23). The van der Waals surface area contributed by atoms with Crippen LogP contribution in [0.25, 0.3) is 11.5 Å². The van der Waals surface area contributed by atoms with Gasteiger partial charge in [-0.25, -0.2) is 9.97 Å². The normalized spacial score (nSPS) is 14.4. The molecular formula is C15H11F3N6S2. The molecule has 0 saturated heterocycles. The minimum absolute atomic E-state index is 0.0798. The lowest BCUT2D eigenvalue weighted by Crippen LogP contribution is -2.10. The highest BCUT2D eigenvalue weighted by atomic mass is 32.2. The molecule has 0 aliphatic heterocycles. The van der Waals surface area contributed by atoms with Gasteiger partial charge in [-0.15, -0.1) is 10.2 Å². The van der Waals surface area contributed by atoms with E-state index in [1.807, 2.05) is 0 Å². The van der Waals surface area contributed by atoms with Crippen LogP contribution in [0.2, 0.25) is 0 Å². The number of aromatic nitrogens is 5. The molecule has 6 nitrogen and oxygen atoms in total. The smallest absolute Gasteiger partial charge is 0.357 e. The van der Waals surface area contributed by atoms with Crippen LogP contribution in [-0.2, 0) is 6.18 Å². The number of nitrogens with zero attached hydrogens (tertiary/aromatic N) is 5. The number of rotatable bonds is 5. The molecule has 1 N–H and O–H groups in total. The number of anilines is 1. The Kier molecular flexibility index (Phi) is 4.49. The molecule has 3 heterocycles. The van der Waals surface area contributed by atoms with Crippen molar-refractivity contribution in [2.75, 3.05) is 5.32 Å². The van der Waals surface area contributed by atoms with Gasteiger partial charge >= 0.3 is 6.18 Å². The molecule has 0 spiro atoms. The van der Waals surface area contributed by atoms with Gasteiger partial charge in [0.2, 0.25) is 5.13 Å². The lowest BCUT2D eigenvalue weighted by molar-refractivity contribution is -0.141. The van der Waals surface area contributed by atoms with Crippen LogP contribution in [0.5, 0.6) is 0 Å². The Morgan fingerprint density at radius 2 is 2.00 bits per heavy atom. The Bertz CT molecular complexity index is 911. The molecular weight excluding hydrogens is 385 g/mol. The summed E-state index contributed by atoms with van der Waals surface area (Å²) in [6, 6.07) is 6.23. The predicted octanol–water partition coefficient (Wildman–Crippen LogP) is 4.13. The van der Waals surface area contributed by atoms with E-state index in [1.165, 1.54) is 17.5 Å². The second-order valence-corrected chi connectivity index (χ2v) is 7.77. The molecule has 3 aromatic heterocycles. The Morgan fingerprint density at radius 1 is 1.15 bits per heavy atom. The maximum atomic E-state index is 13.2. The summed E-state index contributed by atoms with van der Waals surface area (Å²) in [5, 5.41) is 12.0. The number of hydrogen-bond donors (Lipinski definition) is 1. The number of alkyl halides is 3. The van der Waals surface area contributed by atoms with E-state index in [2.05, 4.69) is 30.5 Å². The Morgan fingerprint density at radius 3 is 2.69 bits per heavy atom. The molecule has 0 amide bonds. The van der Waals surface area contributed by atoms with Crippen LogP contribution >= 0.6 is 23.1 Å². The van der Waals surface area contributed by atoms with E-state index >= 15 is 0 Å². The maximum Gasteiger partial charge on any atom is 0.433 e. The zero-order valence-corrected chi connectivity index (χ0v) is 14.7. The van der Waals surface area contributed by atoms with E-state index < -0.39 is 11.9 Å². The highest BCUT2D eigenvalue weighted by molar-refractivity contribution is 8.01. The van der Waals surface area contributed by atoms with Crippen molar-refractivity contribution >= 4 is 28.2 Å². The van der Waals surface area contributed by atoms with Crippen molar-refractivity contribution in [2.24, 2.45) is 0 Å². The van der Waals surface area contributed by atoms with Crippen molar-refractivity contribution in [3.05, 3.63) is 36.2 Å². The average molecular weight is 396 g/mol. The first-order chi connectivity index (χ1) is 12.5. The molecule has 1 aliphatic carbocycles. The zero-order valence-electron chi connectivity index (χ0n) is 13.1. The van der Waals surface area contributed by atoms with Crippen LogP contribution < -0.4 is 5.32 Å². The third-order valence-electron chi connectivity index (χ3n) is 3.39. The molecule has 26 heavy (non-hydrogen) atoms. The van der Waals surface area contributed by atoms with Crippen LogP contribution in [0.15, 0.2) is 39.8 Å². The zero-order chi connectivity index (χ0) is 18.1. The largest absolute Gasteiger partial charge is 0.433 e. The fourth-order valence-corrected chi connectivity index (χ4v) is 3.81. The summed E-state index contributed by atoms with van der Waals surface area (Å²) < 4.78 is 40.1. The fourth-order valence-electron chi connectivity index (χ4n) is 2.03. The van der Waals surface area contributed by atoms with Crippen LogP contribution in [0.1, 0.15) is 18.5 Å². The van der Waals surface area contributed by atoms with Crippen molar-refractivity contribution in [3.63, 3.8) is 0 Å². The van der Waals surface area contributed by atoms with Gasteiger partial charge in [0.05, 0.1) is 0 Å². The molecule has 3 aromatic rings. The van der Waals surface area contributed by atoms with Gasteiger partial charge in [0.25, 0.3) is 0 Å². The van der Waals surface area contributed by atoms with Crippen molar-refractivity contribution in [2.45, 2.75) is 34.4 Å².